The van der Waals surface area contributed by atoms with Gasteiger partial charge in [0.2, 0.25) is 10.0 Å². The molecule has 0 amide bonds. The number of nitrogens with zero attached hydrogens (tertiary/aromatic N) is 5. The molecule has 0 aliphatic heterocycles. The summed E-state index contributed by atoms with van der Waals surface area (Å²) < 4.78 is 40.0. The van der Waals surface area contributed by atoms with Gasteiger partial charge in [-0.3, -0.25) is 10.1 Å². The highest BCUT2D eigenvalue weighted by Crippen LogP contribution is 2.35. The van der Waals surface area contributed by atoms with Gasteiger partial charge in [-0.1, -0.05) is 0 Å². The second-order valence-corrected chi connectivity index (χ2v) is 11.6. The van der Waals surface area contributed by atoms with Crippen molar-refractivity contribution in [3.63, 3.8) is 0 Å². The Morgan fingerprint density at radius 1 is 0.925 bits per heavy atom. The monoisotopic (exact) mass is 556 g/mol. The lowest BCUT2D eigenvalue weighted by atomic mass is 10.0. The lowest BCUT2D eigenvalue weighted by molar-refractivity contribution is 0.586. The van der Waals surface area contributed by atoms with E-state index in [1.807, 2.05) is 37.2 Å². The predicted molar refractivity (Wildman–Crippen MR) is 154 cm³/mol. The van der Waals surface area contributed by atoms with E-state index in [2.05, 4.69) is 34.9 Å². The van der Waals surface area contributed by atoms with Crippen LogP contribution in [-0.4, -0.2) is 58.9 Å². The average Bonchev–Trinajstić information content (AvgIpc) is 3.55. The highest BCUT2D eigenvalue weighted by atomic mass is 32.2. The number of sulfonamides is 1. The number of hydrogen-bond donors (Lipinski definition) is 3. The van der Waals surface area contributed by atoms with Crippen LogP contribution >= 0.6 is 0 Å². The first-order chi connectivity index (χ1) is 19.1. The second kappa shape index (κ2) is 9.81. The van der Waals surface area contributed by atoms with Crippen molar-refractivity contribution in [2.75, 3.05) is 25.3 Å². The molecule has 5 aromatic heterocycles. The van der Waals surface area contributed by atoms with Crippen molar-refractivity contribution in [1.29, 1.82) is 0 Å². The second-order valence-electron chi connectivity index (χ2n) is 9.76. The summed E-state index contributed by atoms with van der Waals surface area (Å²) in [5, 5.41) is 9.11. The molecule has 6 aromatic rings. The maximum Gasteiger partial charge on any atom is 0.209 e. The summed E-state index contributed by atoms with van der Waals surface area (Å²) in [5.74, 6) is -0.465. The molecule has 0 aliphatic rings. The van der Waals surface area contributed by atoms with Crippen LogP contribution in [0, 0.1) is 5.82 Å². The van der Waals surface area contributed by atoms with Crippen LogP contribution < -0.4 is 9.62 Å². The zero-order valence-electron chi connectivity index (χ0n) is 21.9. The summed E-state index contributed by atoms with van der Waals surface area (Å²) >= 11 is 0. The molecule has 12 heteroatoms. The summed E-state index contributed by atoms with van der Waals surface area (Å²) in [4.78, 5) is 18.7. The van der Waals surface area contributed by atoms with Gasteiger partial charge in [0, 0.05) is 61.1 Å². The molecule has 0 bridgehead atoms. The van der Waals surface area contributed by atoms with Gasteiger partial charge in [-0.05, 0) is 59.2 Å². The van der Waals surface area contributed by atoms with Crippen molar-refractivity contribution < 1.29 is 12.8 Å². The Morgan fingerprint density at radius 3 is 2.55 bits per heavy atom. The van der Waals surface area contributed by atoms with Crippen molar-refractivity contribution in [3.05, 3.63) is 78.6 Å². The van der Waals surface area contributed by atoms with Crippen LogP contribution in [0.15, 0.2) is 67.3 Å². The first kappa shape index (κ1) is 25.6. The van der Waals surface area contributed by atoms with Crippen molar-refractivity contribution in [3.8, 4) is 33.6 Å². The summed E-state index contributed by atoms with van der Waals surface area (Å²) in [6, 6.07) is 12.3. The van der Waals surface area contributed by atoms with Gasteiger partial charge in [0.1, 0.15) is 17.2 Å². The number of benzene rings is 1. The first-order valence-corrected chi connectivity index (χ1v) is 14.2. The van der Waals surface area contributed by atoms with Gasteiger partial charge in [-0.15, -0.1) is 0 Å². The summed E-state index contributed by atoms with van der Waals surface area (Å²) in [5.41, 5.74) is 7.30. The van der Waals surface area contributed by atoms with Crippen molar-refractivity contribution in [1.82, 2.24) is 34.9 Å². The maximum absolute atomic E-state index is 14.6. The average molecular weight is 557 g/mol. The fourth-order valence-electron chi connectivity index (χ4n) is 4.63. The van der Waals surface area contributed by atoms with Crippen LogP contribution in [0.1, 0.15) is 5.56 Å². The zero-order valence-corrected chi connectivity index (χ0v) is 22.7. The Labute approximate surface area is 229 Å². The minimum Gasteiger partial charge on any atom is -0.376 e. The Kier molecular flexibility index (Phi) is 6.28. The van der Waals surface area contributed by atoms with Gasteiger partial charge < -0.3 is 9.88 Å². The molecule has 0 saturated carbocycles. The molecular weight excluding hydrogens is 531 g/mol. The van der Waals surface area contributed by atoms with Crippen molar-refractivity contribution in [2.24, 2.45) is 0 Å². The fraction of sp³-hybridized carbons (Fsp3) is 0.143. The molecule has 202 valence electrons. The Bertz CT molecular complexity index is 2000. The number of H-pyrrole nitrogens is 2. The van der Waals surface area contributed by atoms with E-state index < -0.39 is 15.8 Å². The molecule has 0 unspecified atom stereocenters. The summed E-state index contributed by atoms with van der Waals surface area (Å²) in [6.07, 6.45) is 8.09. The first-order valence-electron chi connectivity index (χ1n) is 12.3. The van der Waals surface area contributed by atoms with E-state index in [4.69, 9.17) is 0 Å². The van der Waals surface area contributed by atoms with Crippen LogP contribution in [0.5, 0.6) is 0 Å². The Hall–Kier alpha value is -4.68. The number of aromatic amines is 2. The van der Waals surface area contributed by atoms with E-state index in [9.17, 15) is 12.8 Å². The number of rotatable bonds is 7. The molecule has 0 fully saturated rings. The maximum atomic E-state index is 14.6. The third-order valence-electron chi connectivity index (χ3n) is 6.58. The van der Waals surface area contributed by atoms with Crippen LogP contribution in [0.2, 0.25) is 0 Å². The molecule has 0 aliphatic carbocycles. The zero-order chi connectivity index (χ0) is 28.0. The van der Waals surface area contributed by atoms with Gasteiger partial charge in [0.25, 0.3) is 0 Å². The number of nitrogens with one attached hydrogen (secondary N) is 3. The van der Waals surface area contributed by atoms with Crippen LogP contribution in [0.4, 0.5) is 10.1 Å². The number of halogens is 1. The molecule has 1 aromatic carbocycles. The van der Waals surface area contributed by atoms with E-state index in [0.717, 1.165) is 45.1 Å². The molecule has 10 nitrogen and oxygen atoms in total. The van der Waals surface area contributed by atoms with E-state index in [-0.39, 0.29) is 6.54 Å². The topological polar surface area (TPSA) is 133 Å². The predicted octanol–water partition coefficient (Wildman–Crippen LogP) is 4.48. The molecule has 5 heterocycles. The summed E-state index contributed by atoms with van der Waals surface area (Å²) in [6.45, 7) is -0.0161. The molecule has 40 heavy (non-hydrogen) atoms. The molecule has 0 saturated heterocycles. The van der Waals surface area contributed by atoms with E-state index in [1.54, 1.807) is 36.9 Å². The van der Waals surface area contributed by atoms with Gasteiger partial charge in [-0.2, -0.15) is 5.10 Å². The largest absolute Gasteiger partial charge is 0.376 e. The summed E-state index contributed by atoms with van der Waals surface area (Å²) in [7, 11) is 0.506. The number of aromatic nitrogens is 6. The van der Waals surface area contributed by atoms with Crippen molar-refractivity contribution >= 4 is 37.8 Å². The minimum absolute atomic E-state index is 0.0161. The number of fused-ring (bicyclic) bond motifs is 2. The quantitative estimate of drug-likeness (QED) is 0.264. The number of anilines is 1. The lowest BCUT2D eigenvalue weighted by Gasteiger charge is -2.12. The van der Waals surface area contributed by atoms with Gasteiger partial charge >= 0.3 is 0 Å². The van der Waals surface area contributed by atoms with E-state index in [1.165, 1.54) is 12.1 Å². The SMILES string of the molecule is CN(C)c1cncc(-c2cnc3[nH]nc(-c4cc5c(-c6cc(F)cc(CNS(C)(=O)=O)c6)ccnc5[nH]4)c3c2)c1. The van der Waals surface area contributed by atoms with Gasteiger partial charge in [-0.25, -0.2) is 27.5 Å². The standard InChI is InChI=1S/C28H25FN8O2S/c1-37(2)21-9-18(13-30-15-21)19-10-24-26(35-36-28(24)32-14-19)25-11-23-22(4-5-31-27(23)34-25)17-6-16(7-20(29)8-17)12-33-40(3,38)39/h4-11,13-15,33H,12H2,1-3H3,(H,31,34)(H,32,35,36). The van der Waals surface area contributed by atoms with Gasteiger partial charge in [0.05, 0.1) is 23.8 Å². The highest BCUT2D eigenvalue weighted by molar-refractivity contribution is 7.88. The van der Waals surface area contributed by atoms with Crippen molar-refractivity contribution in [2.45, 2.75) is 6.54 Å². The molecule has 0 spiro atoms. The van der Waals surface area contributed by atoms with Crippen LogP contribution in [0.3, 0.4) is 0 Å². The molecular formula is C28H25FN8O2S. The third-order valence-corrected chi connectivity index (χ3v) is 7.25. The van der Waals surface area contributed by atoms with E-state index in [0.29, 0.717) is 28.1 Å². The molecule has 0 atom stereocenters. The smallest absolute Gasteiger partial charge is 0.209 e. The number of hydrogen-bond acceptors (Lipinski definition) is 7. The normalized spacial score (nSPS) is 11.9. The van der Waals surface area contributed by atoms with Crippen LogP contribution in [0.25, 0.3) is 55.7 Å². The van der Waals surface area contributed by atoms with E-state index >= 15 is 0 Å². The third kappa shape index (κ3) is 5.01. The van der Waals surface area contributed by atoms with Crippen LogP contribution in [-0.2, 0) is 16.6 Å². The minimum atomic E-state index is -3.42. The molecule has 3 N–H and O–H groups in total. The highest BCUT2D eigenvalue weighted by Gasteiger charge is 2.17. The Balaban J connectivity index is 1.42. The number of pyridine rings is 3. The molecule has 0 radical (unpaired) electrons. The fourth-order valence-corrected chi connectivity index (χ4v) is 5.05. The van der Waals surface area contributed by atoms with Gasteiger partial charge in [0.15, 0.2) is 5.65 Å². The lowest BCUT2D eigenvalue weighted by Crippen LogP contribution is -2.21. The molecule has 6 rings (SSSR count). The Morgan fingerprint density at radius 2 is 1.75 bits per heavy atom.